The number of unbranched alkanes of at least 4 members (excludes halogenated alkanes) is 1. The molecule has 1 amide bonds. The molecule has 1 N–H and O–H groups in total. The molecule has 1 unspecified atom stereocenters. The molecule has 24 heavy (non-hydrogen) atoms. The van der Waals surface area contributed by atoms with Crippen molar-refractivity contribution in [3.05, 3.63) is 17.3 Å². The van der Waals surface area contributed by atoms with Gasteiger partial charge in [-0.2, -0.15) is 0 Å². The normalized spacial score (nSPS) is 18.1. The third-order valence-corrected chi connectivity index (χ3v) is 5.82. The van der Waals surface area contributed by atoms with Crippen LogP contribution in [0.4, 0.5) is 5.82 Å². The van der Waals surface area contributed by atoms with Gasteiger partial charge in [0.2, 0.25) is 5.91 Å². The van der Waals surface area contributed by atoms with E-state index in [4.69, 9.17) is 0 Å². The summed E-state index contributed by atoms with van der Waals surface area (Å²) in [4.78, 5) is 26.0. The van der Waals surface area contributed by atoms with Crippen LogP contribution in [0, 0.1) is 5.92 Å². The van der Waals surface area contributed by atoms with E-state index in [-0.39, 0.29) is 11.8 Å². The Morgan fingerprint density at radius 1 is 1.42 bits per heavy atom. The van der Waals surface area contributed by atoms with Crippen molar-refractivity contribution in [2.45, 2.75) is 46.0 Å². The molecule has 0 aromatic carbocycles. The average Bonchev–Trinajstić information content (AvgIpc) is 3.05. The molecule has 0 saturated carbocycles. The molecule has 1 aliphatic heterocycles. The van der Waals surface area contributed by atoms with Crippen LogP contribution in [-0.2, 0) is 11.2 Å². The molecule has 1 saturated heterocycles. The fraction of sp³-hybridized carbons (Fsp3) is 0.611. The average molecular weight is 347 g/mol. The molecule has 3 heterocycles. The van der Waals surface area contributed by atoms with Crippen molar-refractivity contribution in [1.29, 1.82) is 0 Å². The van der Waals surface area contributed by atoms with Crippen LogP contribution in [0.3, 0.4) is 0 Å². The Balaban J connectivity index is 1.75. The molecule has 2 aromatic rings. The van der Waals surface area contributed by atoms with Crippen LogP contribution in [0.1, 0.15) is 44.4 Å². The summed E-state index contributed by atoms with van der Waals surface area (Å²) in [5, 5.41) is 4.21. The van der Waals surface area contributed by atoms with Crippen molar-refractivity contribution in [2.75, 3.05) is 24.5 Å². The van der Waals surface area contributed by atoms with E-state index in [1.165, 1.54) is 4.88 Å². The number of hydrogen-bond acceptors (Lipinski definition) is 5. The number of piperidine rings is 1. The Morgan fingerprint density at radius 3 is 3.08 bits per heavy atom. The lowest BCUT2D eigenvalue weighted by molar-refractivity contribution is -0.125. The molecule has 3 rings (SSSR count). The molecule has 0 spiro atoms. The third kappa shape index (κ3) is 3.69. The van der Waals surface area contributed by atoms with Gasteiger partial charge in [-0.1, -0.05) is 20.3 Å². The van der Waals surface area contributed by atoms with E-state index in [1.807, 2.05) is 0 Å². The lowest BCUT2D eigenvalue weighted by atomic mass is 9.97. The first kappa shape index (κ1) is 17.1. The lowest BCUT2D eigenvalue weighted by Gasteiger charge is -2.33. The maximum absolute atomic E-state index is 12.4. The van der Waals surface area contributed by atoms with Crippen molar-refractivity contribution in [2.24, 2.45) is 5.92 Å². The van der Waals surface area contributed by atoms with E-state index >= 15 is 0 Å². The van der Waals surface area contributed by atoms with Crippen LogP contribution in [0.15, 0.2) is 12.4 Å². The molecule has 1 fully saturated rings. The predicted molar refractivity (Wildman–Crippen MR) is 99.6 cm³/mol. The zero-order valence-electron chi connectivity index (χ0n) is 14.5. The van der Waals surface area contributed by atoms with E-state index in [9.17, 15) is 4.79 Å². The summed E-state index contributed by atoms with van der Waals surface area (Å²) >= 11 is 1.74. The standard InChI is InChI=1S/C18H26N4OS/c1-3-5-8-19-17(23)13-7-6-9-22(11-13)16-15-10-14(4-2)24-18(15)21-12-20-16/h10,12-13H,3-9,11H2,1-2H3,(H,19,23). The van der Waals surface area contributed by atoms with Crippen LogP contribution in [-0.4, -0.2) is 35.5 Å². The summed E-state index contributed by atoms with van der Waals surface area (Å²) in [6, 6.07) is 2.21. The van der Waals surface area contributed by atoms with Crippen LogP contribution in [0.5, 0.6) is 0 Å². The van der Waals surface area contributed by atoms with E-state index in [0.29, 0.717) is 0 Å². The van der Waals surface area contributed by atoms with E-state index in [0.717, 1.165) is 67.8 Å². The van der Waals surface area contributed by atoms with Gasteiger partial charge in [-0.25, -0.2) is 9.97 Å². The number of anilines is 1. The quantitative estimate of drug-likeness (QED) is 0.815. The van der Waals surface area contributed by atoms with Gasteiger partial charge in [-0.05, 0) is 31.7 Å². The first-order valence-corrected chi connectivity index (χ1v) is 9.80. The molecule has 5 nitrogen and oxygen atoms in total. The molecule has 1 aliphatic rings. The van der Waals surface area contributed by atoms with Gasteiger partial charge in [0.25, 0.3) is 0 Å². The zero-order valence-corrected chi connectivity index (χ0v) is 15.4. The molecular formula is C18H26N4OS. The first-order chi connectivity index (χ1) is 11.7. The number of carbonyl (C=O) groups is 1. The summed E-state index contributed by atoms with van der Waals surface area (Å²) < 4.78 is 0. The van der Waals surface area contributed by atoms with Gasteiger partial charge in [0.1, 0.15) is 17.0 Å². The van der Waals surface area contributed by atoms with E-state index < -0.39 is 0 Å². The van der Waals surface area contributed by atoms with Gasteiger partial charge in [0.15, 0.2) is 0 Å². The largest absolute Gasteiger partial charge is 0.356 e. The maximum Gasteiger partial charge on any atom is 0.224 e. The number of carbonyl (C=O) groups excluding carboxylic acids is 1. The number of nitrogens with zero attached hydrogens (tertiary/aromatic N) is 3. The first-order valence-electron chi connectivity index (χ1n) is 8.99. The minimum absolute atomic E-state index is 0.0601. The highest BCUT2D eigenvalue weighted by Crippen LogP contribution is 2.32. The van der Waals surface area contributed by atoms with Crippen molar-refractivity contribution in [3.63, 3.8) is 0 Å². The summed E-state index contributed by atoms with van der Waals surface area (Å²) in [6.45, 7) is 6.80. The van der Waals surface area contributed by atoms with Gasteiger partial charge in [0.05, 0.1) is 11.3 Å². The molecule has 0 bridgehead atoms. The minimum atomic E-state index is 0.0601. The SMILES string of the molecule is CCCCNC(=O)C1CCCN(c2ncnc3sc(CC)cc23)C1. The number of thiophene rings is 1. The highest BCUT2D eigenvalue weighted by atomic mass is 32.1. The van der Waals surface area contributed by atoms with E-state index in [1.54, 1.807) is 17.7 Å². The number of amides is 1. The van der Waals surface area contributed by atoms with E-state index in [2.05, 4.69) is 40.1 Å². The Bertz CT molecular complexity index is 699. The summed E-state index contributed by atoms with van der Waals surface area (Å²) in [5.74, 6) is 1.24. The number of aryl methyl sites for hydroxylation is 1. The topological polar surface area (TPSA) is 58.1 Å². The van der Waals surface area contributed by atoms with Crippen molar-refractivity contribution < 1.29 is 4.79 Å². The molecule has 0 radical (unpaired) electrons. The molecule has 1 atom stereocenters. The van der Waals surface area contributed by atoms with Crippen LogP contribution in [0.2, 0.25) is 0 Å². The van der Waals surface area contributed by atoms with Crippen LogP contribution >= 0.6 is 11.3 Å². The van der Waals surface area contributed by atoms with Gasteiger partial charge < -0.3 is 10.2 Å². The fourth-order valence-electron chi connectivity index (χ4n) is 3.24. The predicted octanol–water partition coefficient (Wildman–Crippen LogP) is 3.39. The second-order valence-corrected chi connectivity index (χ2v) is 7.53. The molecule has 2 aromatic heterocycles. The highest BCUT2D eigenvalue weighted by molar-refractivity contribution is 7.18. The highest BCUT2D eigenvalue weighted by Gasteiger charge is 2.27. The molecule has 0 aliphatic carbocycles. The zero-order chi connectivity index (χ0) is 16.9. The van der Waals surface area contributed by atoms with Crippen molar-refractivity contribution >= 4 is 33.3 Å². The van der Waals surface area contributed by atoms with Gasteiger partial charge in [-0.15, -0.1) is 11.3 Å². The third-order valence-electron chi connectivity index (χ3n) is 4.63. The molecular weight excluding hydrogens is 320 g/mol. The van der Waals surface area contributed by atoms with Crippen molar-refractivity contribution in [3.8, 4) is 0 Å². The number of rotatable bonds is 6. The van der Waals surface area contributed by atoms with Gasteiger partial charge in [0, 0.05) is 24.5 Å². The number of aromatic nitrogens is 2. The van der Waals surface area contributed by atoms with Gasteiger partial charge in [-0.3, -0.25) is 4.79 Å². The van der Waals surface area contributed by atoms with Crippen LogP contribution in [0.25, 0.3) is 10.2 Å². The monoisotopic (exact) mass is 346 g/mol. The molecule has 6 heteroatoms. The summed E-state index contributed by atoms with van der Waals surface area (Å²) in [6.07, 6.45) is 6.81. The molecule has 130 valence electrons. The summed E-state index contributed by atoms with van der Waals surface area (Å²) in [5.41, 5.74) is 0. The minimum Gasteiger partial charge on any atom is -0.356 e. The summed E-state index contributed by atoms with van der Waals surface area (Å²) in [7, 11) is 0. The second kappa shape index (κ2) is 7.92. The maximum atomic E-state index is 12.4. The van der Waals surface area contributed by atoms with Crippen LogP contribution < -0.4 is 10.2 Å². The number of hydrogen-bond donors (Lipinski definition) is 1. The fourth-order valence-corrected chi connectivity index (χ4v) is 4.16. The number of fused-ring (bicyclic) bond motifs is 1. The Hall–Kier alpha value is -1.69. The van der Waals surface area contributed by atoms with Gasteiger partial charge >= 0.3 is 0 Å². The number of nitrogens with one attached hydrogen (secondary N) is 1. The second-order valence-electron chi connectivity index (χ2n) is 6.41. The Labute approximate surface area is 147 Å². The van der Waals surface area contributed by atoms with Crippen molar-refractivity contribution in [1.82, 2.24) is 15.3 Å². The Morgan fingerprint density at radius 2 is 2.29 bits per heavy atom. The Kier molecular flexibility index (Phi) is 5.66. The smallest absolute Gasteiger partial charge is 0.224 e. The lowest BCUT2D eigenvalue weighted by Crippen LogP contribution is -2.43.